The summed E-state index contributed by atoms with van der Waals surface area (Å²) in [5.74, 6) is -3.03. The number of amides is 2. The summed E-state index contributed by atoms with van der Waals surface area (Å²) in [6, 6.07) is -0.759. The van der Waals surface area contributed by atoms with Gasteiger partial charge >= 0.3 is 23.9 Å². The number of carbonyl (C=O) groups is 4. The van der Waals surface area contributed by atoms with Gasteiger partial charge < -0.3 is 24.8 Å². The lowest BCUT2D eigenvalue weighted by molar-refractivity contribution is -0.135. The summed E-state index contributed by atoms with van der Waals surface area (Å²) in [5, 5.41) is 15.0. The van der Waals surface area contributed by atoms with Crippen LogP contribution >= 0.6 is 0 Å². The molecule has 0 unspecified atom stereocenters. The van der Waals surface area contributed by atoms with E-state index in [-0.39, 0.29) is 40.0 Å². The van der Waals surface area contributed by atoms with Crippen LogP contribution in [0.5, 0.6) is 17.2 Å². The molecule has 0 spiro atoms. The second-order valence-electron chi connectivity index (χ2n) is 5.88. The lowest BCUT2D eigenvalue weighted by Crippen LogP contribution is -2.42. The van der Waals surface area contributed by atoms with E-state index in [1.807, 2.05) is 0 Å². The van der Waals surface area contributed by atoms with Crippen molar-refractivity contribution in [3.05, 3.63) is 11.1 Å². The summed E-state index contributed by atoms with van der Waals surface area (Å²) in [6.45, 7) is 8.63. The first-order chi connectivity index (χ1) is 13.5. The van der Waals surface area contributed by atoms with Crippen LogP contribution in [0.15, 0.2) is 0 Å². The molecule has 0 saturated heterocycles. The maximum atomic E-state index is 12.2. The minimum Gasteiger partial charge on any atom is -0.422 e. The Labute approximate surface area is 167 Å². The Bertz CT molecular complexity index is 821. The number of carbonyl (C=O) groups excluding carboxylic acids is 4. The average molecular weight is 408 g/mol. The molecule has 4 N–H and O–H groups in total. The van der Waals surface area contributed by atoms with E-state index in [2.05, 4.69) is 16.0 Å². The van der Waals surface area contributed by atoms with Gasteiger partial charge in [-0.3, -0.25) is 25.1 Å². The Morgan fingerprint density at radius 3 is 1.62 bits per heavy atom. The molecule has 158 valence electrons. The lowest BCUT2D eigenvalue weighted by atomic mass is 10.0. The van der Waals surface area contributed by atoms with Crippen LogP contribution in [-0.2, 0) is 14.4 Å². The van der Waals surface area contributed by atoms with E-state index in [1.165, 1.54) is 13.8 Å². The predicted octanol–water partition coefficient (Wildman–Crippen LogP) is 1.75. The molecule has 1 aromatic carbocycles. The molecule has 0 radical (unpaired) electrons. The molecular formula is C18H24N4O7. The zero-order chi connectivity index (χ0) is 22.3. The van der Waals surface area contributed by atoms with Gasteiger partial charge in [0.2, 0.25) is 5.75 Å². The largest absolute Gasteiger partial charge is 0.422 e. The summed E-state index contributed by atoms with van der Waals surface area (Å²) in [6.07, 6.45) is 0. The van der Waals surface area contributed by atoms with Crippen LogP contribution < -0.4 is 30.2 Å². The van der Waals surface area contributed by atoms with Crippen LogP contribution in [0.1, 0.15) is 38.8 Å². The van der Waals surface area contributed by atoms with Crippen molar-refractivity contribution in [1.29, 1.82) is 5.41 Å². The Morgan fingerprint density at radius 1 is 0.828 bits per heavy atom. The zero-order valence-electron chi connectivity index (χ0n) is 17.1. The van der Waals surface area contributed by atoms with Crippen molar-refractivity contribution in [3.63, 3.8) is 0 Å². The summed E-state index contributed by atoms with van der Waals surface area (Å²) >= 11 is 0. The van der Waals surface area contributed by atoms with Gasteiger partial charge in [-0.15, -0.1) is 0 Å². The fraction of sp³-hybridized carbons (Fsp3) is 0.389. The number of ether oxygens (including phenoxy) is 3. The van der Waals surface area contributed by atoms with Crippen molar-refractivity contribution < 1.29 is 33.4 Å². The van der Waals surface area contributed by atoms with Gasteiger partial charge in [-0.25, -0.2) is 4.79 Å². The van der Waals surface area contributed by atoms with Gasteiger partial charge in [0, 0.05) is 38.4 Å². The second-order valence-corrected chi connectivity index (χ2v) is 5.88. The second kappa shape index (κ2) is 10.1. The first kappa shape index (κ1) is 23.4. The fourth-order valence-electron chi connectivity index (χ4n) is 2.39. The third-order valence-electron chi connectivity index (χ3n) is 3.41. The monoisotopic (exact) mass is 408 g/mol. The molecule has 0 aliphatic carbocycles. The molecule has 0 atom stereocenters. The van der Waals surface area contributed by atoms with Crippen LogP contribution in [0.4, 0.5) is 10.5 Å². The Balaban J connectivity index is 3.57. The van der Waals surface area contributed by atoms with E-state index >= 15 is 0 Å². The van der Waals surface area contributed by atoms with Crippen molar-refractivity contribution in [3.8, 4) is 17.2 Å². The predicted molar refractivity (Wildman–Crippen MR) is 103 cm³/mol. The highest BCUT2D eigenvalue weighted by molar-refractivity contribution is 6.03. The third kappa shape index (κ3) is 6.48. The van der Waals surface area contributed by atoms with Crippen molar-refractivity contribution in [2.45, 2.75) is 41.5 Å². The minimum atomic E-state index is -0.759. The summed E-state index contributed by atoms with van der Waals surface area (Å²) < 4.78 is 15.5. The number of esters is 3. The van der Waals surface area contributed by atoms with E-state index in [9.17, 15) is 19.2 Å². The van der Waals surface area contributed by atoms with Gasteiger partial charge in [0.05, 0.1) is 5.69 Å². The first-order valence-electron chi connectivity index (χ1n) is 8.60. The van der Waals surface area contributed by atoms with Crippen molar-refractivity contribution in [2.75, 3.05) is 11.9 Å². The topological polar surface area (TPSA) is 156 Å². The molecule has 1 aromatic rings. The number of hydrogen-bond acceptors (Lipinski definition) is 8. The van der Waals surface area contributed by atoms with Crippen molar-refractivity contribution in [1.82, 2.24) is 10.6 Å². The first-order valence-corrected chi connectivity index (χ1v) is 8.60. The van der Waals surface area contributed by atoms with E-state index < -0.39 is 23.9 Å². The van der Waals surface area contributed by atoms with E-state index in [0.29, 0.717) is 6.54 Å². The number of nitrogens with one attached hydrogen (secondary N) is 4. The van der Waals surface area contributed by atoms with Crippen LogP contribution in [0.2, 0.25) is 0 Å². The molecule has 11 nitrogen and oxygen atoms in total. The quantitative estimate of drug-likeness (QED) is 0.248. The molecule has 2 amide bonds. The van der Waals surface area contributed by atoms with E-state index in [1.54, 1.807) is 6.92 Å². The van der Waals surface area contributed by atoms with Crippen LogP contribution in [0.3, 0.4) is 0 Å². The van der Waals surface area contributed by atoms with Crippen LogP contribution in [0, 0.1) is 19.3 Å². The Kier molecular flexibility index (Phi) is 8.12. The smallest absolute Gasteiger partial charge is 0.326 e. The number of guanidine groups is 1. The normalized spacial score (nSPS) is 9.86. The third-order valence-corrected chi connectivity index (χ3v) is 3.41. The molecule has 29 heavy (non-hydrogen) atoms. The van der Waals surface area contributed by atoms with Gasteiger partial charge in [-0.1, -0.05) is 0 Å². The van der Waals surface area contributed by atoms with Crippen LogP contribution in [-0.4, -0.2) is 36.4 Å². The number of anilines is 1. The van der Waals surface area contributed by atoms with E-state index in [4.69, 9.17) is 19.6 Å². The molecule has 0 fully saturated rings. The fourth-order valence-corrected chi connectivity index (χ4v) is 2.39. The molecular weight excluding hydrogens is 384 g/mol. The lowest BCUT2D eigenvalue weighted by Gasteiger charge is -2.21. The Morgan fingerprint density at radius 2 is 1.24 bits per heavy atom. The molecule has 0 aliphatic heterocycles. The van der Waals surface area contributed by atoms with Gasteiger partial charge in [0.25, 0.3) is 0 Å². The molecule has 11 heteroatoms. The van der Waals surface area contributed by atoms with Gasteiger partial charge in [0.1, 0.15) is 0 Å². The average Bonchev–Trinajstić information content (AvgIpc) is 2.58. The Hall–Kier alpha value is -3.63. The van der Waals surface area contributed by atoms with Gasteiger partial charge in [-0.2, -0.15) is 0 Å². The number of benzene rings is 1. The minimum absolute atomic E-state index is 0.148. The SMILES string of the molecule is CCNC(=N)NC(=O)Nc1c(C)c(OC(C)=O)c(OC(C)=O)c(OC(C)=O)c1C. The summed E-state index contributed by atoms with van der Waals surface area (Å²) in [5.41, 5.74) is 0.639. The van der Waals surface area contributed by atoms with Crippen molar-refractivity contribution >= 4 is 35.6 Å². The molecule has 0 saturated carbocycles. The number of urea groups is 1. The molecule has 0 bridgehead atoms. The summed E-state index contributed by atoms with van der Waals surface area (Å²) in [7, 11) is 0. The molecule has 1 rings (SSSR count). The highest BCUT2D eigenvalue weighted by Gasteiger charge is 2.27. The number of rotatable bonds is 5. The molecule has 0 aliphatic rings. The van der Waals surface area contributed by atoms with Crippen LogP contribution in [0.25, 0.3) is 0 Å². The standard InChI is InChI=1S/C18H24N4O7/c1-7-20-17(19)22-18(26)21-13-8(2)14(27-10(4)23)16(29-12(6)25)15(9(13)3)28-11(5)24/h7H2,1-6H3,(H4,19,20,21,22,26). The molecule has 0 aromatic heterocycles. The maximum absolute atomic E-state index is 12.2. The number of hydrogen-bond donors (Lipinski definition) is 4. The maximum Gasteiger partial charge on any atom is 0.326 e. The highest BCUT2D eigenvalue weighted by atomic mass is 16.6. The summed E-state index contributed by atoms with van der Waals surface area (Å²) in [4.78, 5) is 46.9. The molecule has 0 heterocycles. The van der Waals surface area contributed by atoms with E-state index in [0.717, 1.165) is 20.8 Å². The van der Waals surface area contributed by atoms with Crippen molar-refractivity contribution in [2.24, 2.45) is 0 Å². The zero-order valence-corrected chi connectivity index (χ0v) is 17.1. The van der Waals surface area contributed by atoms with Gasteiger partial charge in [-0.05, 0) is 20.8 Å². The highest BCUT2D eigenvalue weighted by Crippen LogP contribution is 2.47. The van der Waals surface area contributed by atoms with Gasteiger partial charge in [0.15, 0.2) is 17.5 Å².